The molecule has 7 N–H and O–H groups in total. The zero-order chi connectivity index (χ0) is 46.1. The van der Waals surface area contributed by atoms with E-state index in [4.69, 9.17) is 28.4 Å². The second-order valence-electron chi connectivity index (χ2n) is 17.3. The largest absolute Gasteiger partial charge is 0.462 e. The Kier molecular flexibility index (Phi) is 32.8. The summed E-state index contributed by atoms with van der Waals surface area (Å²) in [5, 5.41) is 71.9. The Morgan fingerprint density at radius 3 is 1.52 bits per heavy atom. The van der Waals surface area contributed by atoms with Crippen molar-refractivity contribution >= 4 is 11.9 Å². The van der Waals surface area contributed by atoms with Gasteiger partial charge in [0.2, 0.25) is 0 Å². The highest BCUT2D eigenvalue weighted by atomic mass is 16.7. The lowest BCUT2D eigenvalue weighted by Crippen LogP contribution is -2.61. The fraction of sp³-hybridized carbons (Fsp3) is 0.875. The second-order valence-corrected chi connectivity index (χ2v) is 17.3. The van der Waals surface area contributed by atoms with Gasteiger partial charge in [-0.25, -0.2) is 0 Å². The lowest BCUT2D eigenvalue weighted by molar-refractivity contribution is -0.332. The van der Waals surface area contributed by atoms with Crippen LogP contribution in [0.25, 0.3) is 0 Å². The molecule has 2 fully saturated rings. The van der Waals surface area contributed by atoms with Crippen molar-refractivity contribution in [3.63, 3.8) is 0 Å². The van der Waals surface area contributed by atoms with Gasteiger partial charge in [-0.05, 0) is 38.5 Å². The predicted octanol–water partition coefficient (Wildman–Crippen LogP) is 5.99. The SMILES string of the molecule is CCCC/C=C/C/C=C/CCCCCCCC(=O)OC[C@H](CO[C@@H]1O[C@H](CO[C@@H]2O[C@H](CO)[C@H](O)C(O)C2O)[C@H](O)C(O)C1O)OC(=O)CCCCCCCCCCCCCCC. The Hall–Kier alpha value is -2.02. The average molecular weight is 903 g/mol. The van der Waals surface area contributed by atoms with Gasteiger partial charge in [-0.3, -0.25) is 9.59 Å². The van der Waals surface area contributed by atoms with Gasteiger partial charge in [0.1, 0.15) is 55.4 Å². The molecule has 11 atom stereocenters. The predicted molar refractivity (Wildman–Crippen MR) is 238 cm³/mol. The molecule has 0 spiro atoms. The zero-order valence-corrected chi connectivity index (χ0v) is 38.6. The van der Waals surface area contributed by atoms with Crippen molar-refractivity contribution < 1.29 is 73.8 Å². The number of esters is 2. The normalized spacial score (nSPS) is 27.0. The number of aliphatic hydroxyl groups is 7. The molecular weight excluding hydrogens is 817 g/mol. The topological polar surface area (TPSA) is 231 Å². The third-order valence-corrected chi connectivity index (χ3v) is 11.7. The van der Waals surface area contributed by atoms with Crippen molar-refractivity contribution in [1.82, 2.24) is 0 Å². The van der Waals surface area contributed by atoms with Crippen molar-refractivity contribution in [2.45, 2.75) is 242 Å². The number of carbonyl (C=O) groups excluding carboxylic acids is 2. The van der Waals surface area contributed by atoms with E-state index in [-0.39, 0.29) is 26.1 Å². The van der Waals surface area contributed by atoms with E-state index in [0.29, 0.717) is 12.8 Å². The first-order valence-corrected chi connectivity index (χ1v) is 24.4. The standard InChI is InChI=1S/C48H86O15/c1-3-5-7-9-11-13-15-17-19-20-22-24-26-28-30-39(50)58-33-36(61-40(51)31-29-27-25-23-21-18-16-14-12-10-8-6-4-2)34-59-47-46(57)44(55)42(53)38(63-47)35-60-48-45(56)43(54)41(52)37(32-49)62-48/h9,11,15,17,36-38,41-49,52-57H,3-8,10,12-14,16,18-35H2,1-2H3/b11-9+,17-15+/t36-,37-,38-,41+,42+,43?,44?,45?,46?,47-,48-/m1/s1. The third kappa shape index (κ3) is 24.9. The molecule has 0 amide bonds. The van der Waals surface area contributed by atoms with Gasteiger partial charge in [-0.1, -0.05) is 147 Å². The molecule has 368 valence electrons. The quantitative estimate of drug-likeness (QED) is 0.0216. The van der Waals surface area contributed by atoms with Crippen molar-refractivity contribution in [2.24, 2.45) is 0 Å². The van der Waals surface area contributed by atoms with E-state index in [1.54, 1.807) is 0 Å². The number of carbonyl (C=O) groups is 2. The van der Waals surface area contributed by atoms with Gasteiger partial charge in [0.25, 0.3) is 0 Å². The number of allylic oxidation sites excluding steroid dienone is 4. The Morgan fingerprint density at radius 2 is 0.968 bits per heavy atom. The maximum atomic E-state index is 13.0. The van der Waals surface area contributed by atoms with Crippen molar-refractivity contribution in [3.05, 3.63) is 24.3 Å². The number of hydrogen-bond donors (Lipinski definition) is 7. The van der Waals surface area contributed by atoms with E-state index < -0.39 is 92.7 Å². The van der Waals surface area contributed by atoms with E-state index >= 15 is 0 Å². The Labute approximate surface area is 377 Å². The Morgan fingerprint density at radius 1 is 0.508 bits per heavy atom. The maximum absolute atomic E-state index is 13.0. The molecule has 2 rings (SSSR count). The van der Waals surface area contributed by atoms with E-state index in [1.165, 1.54) is 70.6 Å². The molecule has 15 heteroatoms. The molecule has 63 heavy (non-hydrogen) atoms. The van der Waals surface area contributed by atoms with Gasteiger partial charge >= 0.3 is 11.9 Å². The van der Waals surface area contributed by atoms with Gasteiger partial charge in [-0.15, -0.1) is 0 Å². The van der Waals surface area contributed by atoms with E-state index in [0.717, 1.165) is 64.2 Å². The maximum Gasteiger partial charge on any atom is 0.306 e. The minimum absolute atomic E-state index is 0.166. The van der Waals surface area contributed by atoms with Crippen molar-refractivity contribution in [1.29, 1.82) is 0 Å². The molecule has 2 heterocycles. The number of aliphatic hydroxyl groups excluding tert-OH is 7. The number of unbranched alkanes of at least 4 members (excludes halogenated alkanes) is 19. The fourth-order valence-electron chi connectivity index (χ4n) is 7.59. The van der Waals surface area contributed by atoms with Gasteiger partial charge in [0.15, 0.2) is 18.7 Å². The smallest absolute Gasteiger partial charge is 0.306 e. The minimum Gasteiger partial charge on any atom is -0.462 e. The summed E-state index contributed by atoms with van der Waals surface area (Å²) >= 11 is 0. The molecule has 0 aromatic rings. The molecule has 15 nitrogen and oxygen atoms in total. The van der Waals surface area contributed by atoms with E-state index in [1.807, 2.05) is 0 Å². The summed E-state index contributed by atoms with van der Waals surface area (Å²) in [6.07, 6.45) is 17.8. The Balaban J connectivity index is 1.84. The summed E-state index contributed by atoms with van der Waals surface area (Å²) in [6.45, 7) is 2.53. The van der Waals surface area contributed by atoms with Crippen LogP contribution in [0.5, 0.6) is 0 Å². The van der Waals surface area contributed by atoms with Crippen LogP contribution in [0.3, 0.4) is 0 Å². The summed E-state index contributed by atoms with van der Waals surface area (Å²) in [6, 6.07) is 0. The lowest BCUT2D eigenvalue weighted by atomic mass is 9.98. The molecule has 2 aliphatic heterocycles. The first-order valence-electron chi connectivity index (χ1n) is 24.4. The van der Waals surface area contributed by atoms with Crippen LogP contribution >= 0.6 is 0 Å². The zero-order valence-electron chi connectivity index (χ0n) is 38.6. The molecule has 0 aromatic heterocycles. The molecule has 2 aliphatic rings. The summed E-state index contributed by atoms with van der Waals surface area (Å²) in [7, 11) is 0. The van der Waals surface area contributed by atoms with Crippen LogP contribution in [-0.2, 0) is 38.0 Å². The molecular formula is C48H86O15. The highest BCUT2D eigenvalue weighted by Gasteiger charge is 2.47. The van der Waals surface area contributed by atoms with Gasteiger partial charge in [-0.2, -0.15) is 0 Å². The first kappa shape index (κ1) is 57.1. The molecule has 4 unspecified atom stereocenters. The molecule has 0 aromatic carbocycles. The van der Waals surface area contributed by atoms with Gasteiger partial charge < -0.3 is 64.2 Å². The van der Waals surface area contributed by atoms with E-state index in [2.05, 4.69) is 38.2 Å². The molecule has 0 bridgehead atoms. The van der Waals surface area contributed by atoms with Crippen molar-refractivity contribution in [2.75, 3.05) is 26.4 Å². The second kappa shape index (κ2) is 36.1. The highest BCUT2D eigenvalue weighted by molar-refractivity contribution is 5.70. The van der Waals surface area contributed by atoms with Crippen molar-refractivity contribution in [3.8, 4) is 0 Å². The monoisotopic (exact) mass is 903 g/mol. The van der Waals surface area contributed by atoms with E-state index in [9.17, 15) is 45.3 Å². The first-order chi connectivity index (χ1) is 30.5. The van der Waals surface area contributed by atoms with Gasteiger partial charge in [0.05, 0.1) is 19.8 Å². The van der Waals surface area contributed by atoms with Gasteiger partial charge in [0, 0.05) is 12.8 Å². The average Bonchev–Trinajstić information content (AvgIpc) is 3.28. The molecule has 0 saturated carbocycles. The van der Waals surface area contributed by atoms with Crippen LogP contribution in [0, 0.1) is 0 Å². The molecule has 0 aliphatic carbocycles. The van der Waals surface area contributed by atoms with Crippen LogP contribution in [0.15, 0.2) is 24.3 Å². The van der Waals surface area contributed by atoms with Crippen LogP contribution in [0.2, 0.25) is 0 Å². The summed E-state index contributed by atoms with van der Waals surface area (Å²) in [5.74, 6) is -0.937. The summed E-state index contributed by atoms with van der Waals surface area (Å²) < 4.78 is 33.5. The molecule has 2 saturated heterocycles. The van der Waals surface area contributed by atoms with Crippen LogP contribution in [0.1, 0.15) is 174 Å². The third-order valence-electron chi connectivity index (χ3n) is 11.7. The number of hydrogen-bond acceptors (Lipinski definition) is 15. The fourth-order valence-corrected chi connectivity index (χ4v) is 7.59. The lowest BCUT2D eigenvalue weighted by Gasteiger charge is -2.42. The van der Waals surface area contributed by atoms with Crippen LogP contribution in [0.4, 0.5) is 0 Å². The number of rotatable bonds is 37. The van der Waals surface area contributed by atoms with Crippen LogP contribution < -0.4 is 0 Å². The minimum atomic E-state index is -1.76. The summed E-state index contributed by atoms with van der Waals surface area (Å²) in [4.78, 5) is 25.7. The highest BCUT2D eigenvalue weighted by Crippen LogP contribution is 2.26. The number of ether oxygens (including phenoxy) is 6. The van der Waals surface area contributed by atoms with Crippen LogP contribution in [-0.4, -0.2) is 142 Å². The summed E-state index contributed by atoms with van der Waals surface area (Å²) in [5.41, 5.74) is 0. The molecule has 0 radical (unpaired) electrons. The Bertz CT molecular complexity index is 1200.